The van der Waals surface area contributed by atoms with E-state index < -0.39 is 11.5 Å². The molecule has 1 amide bonds. The quantitative estimate of drug-likeness (QED) is 0.267. The van der Waals surface area contributed by atoms with E-state index in [0.29, 0.717) is 40.3 Å². The number of amides is 1. The van der Waals surface area contributed by atoms with Crippen LogP contribution in [0.5, 0.6) is 23.0 Å². The molecule has 180 valence electrons. The maximum absolute atomic E-state index is 13.2. The van der Waals surface area contributed by atoms with Crippen LogP contribution in [-0.2, 0) is 6.54 Å². The highest BCUT2D eigenvalue weighted by atomic mass is 16.5. The van der Waals surface area contributed by atoms with Crippen LogP contribution in [0.4, 0.5) is 0 Å². The highest BCUT2D eigenvalue weighted by Gasteiger charge is 2.22. The molecule has 0 aliphatic rings. The SMILES string of the molecule is CCCCCn1c(=O)c(C(=O)N/N=C\c2cc(OC)cc(OC)c2OC)c(O)c2ccccc21. The van der Waals surface area contributed by atoms with Crippen molar-refractivity contribution < 1.29 is 24.1 Å². The lowest BCUT2D eigenvalue weighted by Crippen LogP contribution is -2.31. The van der Waals surface area contributed by atoms with Crippen molar-refractivity contribution in [2.45, 2.75) is 32.7 Å². The van der Waals surface area contributed by atoms with Gasteiger partial charge in [0.05, 0.1) is 33.1 Å². The number of pyridine rings is 1. The Morgan fingerprint density at radius 3 is 2.56 bits per heavy atom. The molecule has 9 nitrogen and oxygen atoms in total. The van der Waals surface area contributed by atoms with E-state index in [0.717, 1.165) is 19.3 Å². The van der Waals surface area contributed by atoms with Crippen molar-refractivity contribution in [1.82, 2.24) is 9.99 Å². The van der Waals surface area contributed by atoms with Crippen LogP contribution in [0.1, 0.15) is 42.1 Å². The summed E-state index contributed by atoms with van der Waals surface area (Å²) in [5.74, 6) is 0.140. The number of hydrogen-bond acceptors (Lipinski definition) is 7. The van der Waals surface area contributed by atoms with E-state index in [1.807, 2.05) is 0 Å². The maximum atomic E-state index is 13.2. The number of nitrogens with zero attached hydrogens (tertiary/aromatic N) is 2. The molecule has 3 aromatic rings. The molecular formula is C25H29N3O6. The summed E-state index contributed by atoms with van der Waals surface area (Å²) in [6, 6.07) is 10.3. The first-order valence-electron chi connectivity index (χ1n) is 10.9. The number of rotatable bonds is 10. The van der Waals surface area contributed by atoms with Gasteiger partial charge in [0.25, 0.3) is 11.5 Å². The minimum absolute atomic E-state index is 0.359. The van der Waals surface area contributed by atoms with E-state index in [-0.39, 0.29) is 11.3 Å². The average molecular weight is 468 g/mol. The summed E-state index contributed by atoms with van der Waals surface area (Å²) in [6.45, 7) is 2.51. The van der Waals surface area contributed by atoms with Crippen molar-refractivity contribution in [2.75, 3.05) is 21.3 Å². The zero-order chi connectivity index (χ0) is 24.7. The molecule has 0 aliphatic heterocycles. The van der Waals surface area contributed by atoms with Crippen molar-refractivity contribution in [1.29, 1.82) is 0 Å². The molecule has 0 saturated heterocycles. The fourth-order valence-corrected chi connectivity index (χ4v) is 3.73. The highest BCUT2D eigenvalue weighted by Crippen LogP contribution is 2.34. The van der Waals surface area contributed by atoms with Crippen molar-refractivity contribution in [3.63, 3.8) is 0 Å². The van der Waals surface area contributed by atoms with Gasteiger partial charge in [0.1, 0.15) is 17.1 Å². The smallest absolute Gasteiger partial charge is 0.280 e. The number of unbranched alkanes of at least 4 members (excludes halogenated alkanes) is 2. The van der Waals surface area contributed by atoms with Gasteiger partial charge in [-0.2, -0.15) is 5.10 Å². The Kier molecular flexibility index (Phi) is 8.13. The van der Waals surface area contributed by atoms with Gasteiger partial charge in [-0.3, -0.25) is 9.59 Å². The van der Waals surface area contributed by atoms with Gasteiger partial charge in [-0.25, -0.2) is 5.43 Å². The molecule has 2 N–H and O–H groups in total. The Bertz CT molecular complexity index is 1270. The molecule has 0 bridgehead atoms. The monoisotopic (exact) mass is 467 g/mol. The van der Waals surface area contributed by atoms with E-state index in [4.69, 9.17) is 14.2 Å². The van der Waals surface area contributed by atoms with E-state index in [9.17, 15) is 14.7 Å². The second-order valence-corrected chi connectivity index (χ2v) is 7.56. The Morgan fingerprint density at radius 2 is 1.88 bits per heavy atom. The Hall–Kier alpha value is -4.01. The highest BCUT2D eigenvalue weighted by molar-refractivity contribution is 6.02. The number of benzene rings is 2. The van der Waals surface area contributed by atoms with Crippen LogP contribution in [0, 0.1) is 0 Å². The molecule has 0 aliphatic carbocycles. The van der Waals surface area contributed by atoms with E-state index >= 15 is 0 Å². The molecule has 0 fully saturated rings. The number of aromatic hydroxyl groups is 1. The van der Waals surface area contributed by atoms with Crippen molar-refractivity contribution >= 4 is 23.0 Å². The summed E-state index contributed by atoms with van der Waals surface area (Å²) in [4.78, 5) is 26.1. The molecule has 0 unspecified atom stereocenters. The molecule has 0 saturated carbocycles. The molecule has 1 aromatic heterocycles. The summed E-state index contributed by atoms with van der Waals surface area (Å²) in [7, 11) is 4.49. The predicted molar refractivity (Wildman–Crippen MR) is 131 cm³/mol. The molecule has 2 aromatic carbocycles. The number of hydrazone groups is 1. The minimum Gasteiger partial charge on any atom is -0.506 e. The first-order valence-corrected chi connectivity index (χ1v) is 10.9. The van der Waals surface area contributed by atoms with Crippen LogP contribution in [0.3, 0.4) is 0 Å². The third-order valence-electron chi connectivity index (χ3n) is 5.44. The van der Waals surface area contributed by atoms with Gasteiger partial charge < -0.3 is 23.9 Å². The molecule has 34 heavy (non-hydrogen) atoms. The number of hydrogen-bond donors (Lipinski definition) is 2. The summed E-state index contributed by atoms with van der Waals surface area (Å²) in [5.41, 5.74) is 2.47. The lowest BCUT2D eigenvalue weighted by Gasteiger charge is -2.14. The van der Waals surface area contributed by atoms with Gasteiger partial charge in [0, 0.05) is 23.6 Å². The largest absolute Gasteiger partial charge is 0.506 e. The molecule has 0 radical (unpaired) electrons. The lowest BCUT2D eigenvalue weighted by molar-refractivity contribution is 0.0950. The number of methoxy groups -OCH3 is 3. The third-order valence-corrected chi connectivity index (χ3v) is 5.44. The Morgan fingerprint density at radius 1 is 1.12 bits per heavy atom. The fourth-order valence-electron chi connectivity index (χ4n) is 3.73. The number of nitrogens with one attached hydrogen (secondary N) is 1. The standard InChI is InChI=1S/C25H29N3O6/c1-5-6-9-12-28-19-11-8-7-10-18(19)22(29)21(25(28)31)24(30)27-26-15-16-13-17(32-2)14-20(33-3)23(16)34-4/h7-8,10-11,13-15,29H,5-6,9,12H2,1-4H3,(H,27,30)/b26-15-. The number of para-hydroxylation sites is 1. The fraction of sp³-hybridized carbons (Fsp3) is 0.320. The van der Waals surface area contributed by atoms with Gasteiger partial charge in [-0.15, -0.1) is 0 Å². The topological polar surface area (TPSA) is 111 Å². The lowest BCUT2D eigenvalue weighted by atomic mass is 10.1. The number of aryl methyl sites for hydroxylation is 1. The van der Waals surface area contributed by atoms with Gasteiger partial charge in [-0.05, 0) is 24.6 Å². The third kappa shape index (κ3) is 4.98. The minimum atomic E-state index is -0.817. The zero-order valence-electron chi connectivity index (χ0n) is 19.8. The number of fused-ring (bicyclic) bond motifs is 1. The Labute approximate surface area is 197 Å². The Balaban J connectivity index is 1.97. The number of carbonyl (C=O) groups excluding carboxylic acids is 1. The summed E-state index contributed by atoms with van der Waals surface area (Å²) in [5, 5.41) is 15.1. The molecule has 0 spiro atoms. The van der Waals surface area contributed by atoms with Gasteiger partial charge in [0.15, 0.2) is 11.5 Å². The van der Waals surface area contributed by atoms with Crippen molar-refractivity contribution in [3.8, 4) is 23.0 Å². The van der Waals surface area contributed by atoms with Crippen molar-refractivity contribution in [3.05, 3.63) is 57.9 Å². The first kappa shape index (κ1) is 24.6. The van der Waals surface area contributed by atoms with Crippen molar-refractivity contribution in [2.24, 2.45) is 5.10 Å². The van der Waals surface area contributed by atoms with Gasteiger partial charge in [-0.1, -0.05) is 31.9 Å². The summed E-state index contributed by atoms with van der Waals surface area (Å²) in [6.07, 6.45) is 4.06. The van der Waals surface area contributed by atoms with E-state index in [1.54, 1.807) is 36.4 Å². The van der Waals surface area contributed by atoms with Gasteiger partial charge in [0.2, 0.25) is 0 Å². The summed E-state index contributed by atoms with van der Waals surface area (Å²) < 4.78 is 17.5. The number of carbonyl (C=O) groups is 1. The summed E-state index contributed by atoms with van der Waals surface area (Å²) >= 11 is 0. The molecular weight excluding hydrogens is 438 g/mol. The van der Waals surface area contributed by atoms with E-state index in [1.165, 1.54) is 32.1 Å². The predicted octanol–water partition coefficient (Wildman–Crippen LogP) is 3.69. The molecule has 9 heteroatoms. The molecule has 3 rings (SSSR count). The van der Waals surface area contributed by atoms with Crippen LogP contribution >= 0.6 is 0 Å². The average Bonchev–Trinajstić information content (AvgIpc) is 2.85. The van der Waals surface area contributed by atoms with Crippen LogP contribution in [0.2, 0.25) is 0 Å². The maximum Gasteiger partial charge on any atom is 0.280 e. The second kappa shape index (κ2) is 11.2. The normalized spacial score (nSPS) is 11.1. The van der Waals surface area contributed by atoms with Crippen LogP contribution in [0.25, 0.3) is 10.9 Å². The van der Waals surface area contributed by atoms with E-state index in [2.05, 4.69) is 17.5 Å². The molecule has 0 atom stereocenters. The first-order chi connectivity index (χ1) is 16.5. The van der Waals surface area contributed by atoms with Crippen LogP contribution < -0.4 is 25.2 Å². The zero-order valence-corrected chi connectivity index (χ0v) is 19.8. The second-order valence-electron chi connectivity index (χ2n) is 7.56. The van der Waals surface area contributed by atoms with Gasteiger partial charge >= 0.3 is 0 Å². The molecule has 1 heterocycles. The number of ether oxygens (including phenoxy) is 3. The van der Waals surface area contributed by atoms with Crippen LogP contribution in [0.15, 0.2) is 46.3 Å². The van der Waals surface area contributed by atoms with Crippen LogP contribution in [-0.4, -0.2) is 43.1 Å². The number of aromatic nitrogens is 1.